The SMILES string of the molecule is C[C@H](Nc1ncnc2ccccc12)C(C)(C)C. The van der Waals surface area contributed by atoms with Crippen LogP contribution in [0.3, 0.4) is 0 Å². The van der Waals surface area contributed by atoms with Crippen LogP contribution >= 0.6 is 0 Å². The van der Waals surface area contributed by atoms with Gasteiger partial charge < -0.3 is 5.32 Å². The molecule has 1 heterocycles. The van der Waals surface area contributed by atoms with E-state index in [-0.39, 0.29) is 5.41 Å². The fraction of sp³-hybridized carbons (Fsp3) is 0.429. The summed E-state index contributed by atoms with van der Waals surface area (Å²) in [6.45, 7) is 8.83. The maximum Gasteiger partial charge on any atom is 0.137 e. The van der Waals surface area contributed by atoms with Gasteiger partial charge in [-0.15, -0.1) is 0 Å². The van der Waals surface area contributed by atoms with E-state index in [1.165, 1.54) is 0 Å². The van der Waals surface area contributed by atoms with Crippen LogP contribution in [0.5, 0.6) is 0 Å². The van der Waals surface area contributed by atoms with E-state index in [0.717, 1.165) is 16.7 Å². The summed E-state index contributed by atoms with van der Waals surface area (Å²) < 4.78 is 0. The molecule has 0 fully saturated rings. The molecule has 0 saturated heterocycles. The van der Waals surface area contributed by atoms with Gasteiger partial charge in [0.05, 0.1) is 5.52 Å². The van der Waals surface area contributed by atoms with E-state index < -0.39 is 0 Å². The molecule has 1 aromatic heterocycles. The number of nitrogens with one attached hydrogen (secondary N) is 1. The van der Waals surface area contributed by atoms with Crippen molar-refractivity contribution in [2.24, 2.45) is 5.41 Å². The molecular formula is C14H19N3. The lowest BCUT2D eigenvalue weighted by molar-refractivity contribution is 0.359. The third-order valence-corrected chi connectivity index (χ3v) is 3.20. The number of anilines is 1. The normalized spacial score (nSPS) is 13.6. The summed E-state index contributed by atoms with van der Waals surface area (Å²) in [5.41, 5.74) is 1.18. The quantitative estimate of drug-likeness (QED) is 0.856. The number of benzene rings is 1. The predicted octanol–water partition coefficient (Wildman–Crippen LogP) is 3.48. The maximum absolute atomic E-state index is 4.34. The number of rotatable bonds is 2. The zero-order chi connectivity index (χ0) is 12.5. The highest BCUT2D eigenvalue weighted by Gasteiger charge is 2.20. The minimum atomic E-state index is 0.200. The minimum Gasteiger partial charge on any atom is -0.366 e. The molecule has 0 bridgehead atoms. The second kappa shape index (κ2) is 4.32. The molecule has 1 atom stereocenters. The molecule has 0 amide bonds. The van der Waals surface area contributed by atoms with E-state index >= 15 is 0 Å². The van der Waals surface area contributed by atoms with E-state index in [2.05, 4.69) is 43.0 Å². The lowest BCUT2D eigenvalue weighted by Gasteiger charge is -2.28. The Morgan fingerprint density at radius 1 is 1.12 bits per heavy atom. The van der Waals surface area contributed by atoms with Gasteiger partial charge in [0.25, 0.3) is 0 Å². The summed E-state index contributed by atoms with van der Waals surface area (Å²) in [6.07, 6.45) is 1.61. The second-order valence-electron chi connectivity index (χ2n) is 5.47. The lowest BCUT2D eigenvalue weighted by atomic mass is 9.88. The highest BCUT2D eigenvalue weighted by atomic mass is 15.0. The van der Waals surface area contributed by atoms with Crippen LogP contribution < -0.4 is 5.32 Å². The molecule has 0 aliphatic carbocycles. The van der Waals surface area contributed by atoms with E-state index in [0.29, 0.717) is 6.04 Å². The molecule has 0 aliphatic rings. The zero-order valence-corrected chi connectivity index (χ0v) is 10.9. The Morgan fingerprint density at radius 2 is 1.82 bits per heavy atom. The fourth-order valence-electron chi connectivity index (χ4n) is 1.54. The summed E-state index contributed by atoms with van der Waals surface area (Å²) >= 11 is 0. The van der Waals surface area contributed by atoms with Gasteiger partial charge in [0.1, 0.15) is 12.1 Å². The third kappa shape index (κ3) is 2.54. The highest BCUT2D eigenvalue weighted by Crippen LogP contribution is 2.25. The number of nitrogens with zero attached hydrogens (tertiary/aromatic N) is 2. The molecule has 0 saturated carbocycles. The van der Waals surface area contributed by atoms with Gasteiger partial charge in [-0.25, -0.2) is 9.97 Å². The molecule has 1 aromatic carbocycles. The van der Waals surface area contributed by atoms with Crippen LogP contribution in [0.4, 0.5) is 5.82 Å². The monoisotopic (exact) mass is 229 g/mol. The summed E-state index contributed by atoms with van der Waals surface area (Å²) in [7, 11) is 0. The van der Waals surface area contributed by atoms with E-state index in [1.807, 2.05) is 24.3 Å². The number of fused-ring (bicyclic) bond motifs is 1. The Morgan fingerprint density at radius 3 is 2.53 bits per heavy atom. The molecular weight excluding hydrogens is 210 g/mol. The Balaban J connectivity index is 2.36. The van der Waals surface area contributed by atoms with Gasteiger partial charge in [0, 0.05) is 11.4 Å². The first-order valence-corrected chi connectivity index (χ1v) is 5.95. The molecule has 0 radical (unpaired) electrons. The van der Waals surface area contributed by atoms with Crippen LogP contribution in [-0.4, -0.2) is 16.0 Å². The van der Waals surface area contributed by atoms with Gasteiger partial charge in [-0.3, -0.25) is 0 Å². The molecule has 2 rings (SSSR count). The summed E-state index contributed by atoms with van der Waals surface area (Å²) in [6, 6.07) is 8.41. The van der Waals surface area contributed by atoms with Crippen LogP contribution in [0.2, 0.25) is 0 Å². The minimum absolute atomic E-state index is 0.200. The molecule has 2 aromatic rings. The van der Waals surface area contributed by atoms with Crippen molar-refractivity contribution in [1.82, 2.24) is 9.97 Å². The van der Waals surface area contributed by atoms with Crippen LogP contribution in [-0.2, 0) is 0 Å². The third-order valence-electron chi connectivity index (χ3n) is 3.20. The van der Waals surface area contributed by atoms with Gasteiger partial charge in [0.2, 0.25) is 0 Å². The molecule has 0 aliphatic heterocycles. The van der Waals surface area contributed by atoms with Crippen molar-refractivity contribution in [1.29, 1.82) is 0 Å². The number of hydrogen-bond acceptors (Lipinski definition) is 3. The number of hydrogen-bond donors (Lipinski definition) is 1. The molecule has 0 spiro atoms. The van der Waals surface area contributed by atoms with Crippen LogP contribution in [0.25, 0.3) is 10.9 Å². The topological polar surface area (TPSA) is 37.8 Å². The van der Waals surface area contributed by atoms with Crippen molar-refractivity contribution in [3.8, 4) is 0 Å². The zero-order valence-electron chi connectivity index (χ0n) is 10.9. The average Bonchev–Trinajstić information content (AvgIpc) is 2.28. The van der Waals surface area contributed by atoms with Crippen molar-refractivity contribution < 1.29 is 0 Å². The van der Waals surface area contributed by atoms with Gasteiger partial charge in [-0.05, 0) is 24.5 Å². The predicted molar refractivity (Wildman–Crippen MR) is 72.1 cm³/mol. The molecule has 17 heavy (non-hydrogen) atoms. The lowest BCUT2D eigenvalue weighted by Crippen LogP contribution is -2.31. The fourth-order valence-corrected chi connectivity index (χ4v) is 1.54. The largest absolute Gasteiger partial charge is 0.366 e. The Kier molecular flexibility index (Phi) is 3.01. The van der Waals surface area contributed by atoms with Gasteiger partial charge >= 0.3 is 0 Å². The van der Waals surface area contributed by atoms with Gasteiger partial charge in [0.15, 0.2) is 0 Å². The Hall–Kier alpha value is -1.64. The summed E-state index contributed by atoms with van der Waals surface area (Å²) in [5.74, 6) is 0.915. The first-order chi connectivity index (χ1) is 7.98. The number of para-hydroxylation sites is 1. The van der Waals surface area contributed by atoms with E-state index in [1.54, 1.807) is 6.33 Å². The smallest absolute Gasteiger partial charge is 0.137 e. The number of aromatic nitrogens is 2. The Labute approximate surface area is 102 Å². The standard InChI is InChI=1S/C14H19N3/c1-10(14(2,3)4)17-13-11-7-5-6-8-12(11)15-9-16-13/h5-10H,1-4H3,(H,15,16,17)/t10-/m0/s1. The van der Waals surface area contributed by atoms with Crippen LogP contribution in [0, 0.1) is 5.41 Å². The maximum atomic E-state index is 4.34. The molecule has 0 unspecified atom stereocenters. The molecule has 90 valence electrons. The van der Waals surface area contributed by atoms with Gasteiger partial charge in [-0.1, -0.05) is 32.9 Å². The van der Waals surface area contributed by atoms with Crippen molar-refractivity contribution in [3.05, 3.63) is 30.6 Å². The average molecular weight is 229 g/mol. The van der Waals surface area contributed by atoms with Gasteiger partial charge in [-0.2, -0.15) is 0 Å². The summed E-state index contributed by atoms with van der Waals surface area (Å²) in [5, 5.41) is 4.55. The Bertz CT molecular complexity index is 509. The molecule has 3 heteroatoms. The summed E-state index contributed by atoms with van der Waals surface area (Å²) in [4.78, 5) is 8.60. The first kappa shape index (κ1) is 11.8. The van der Waals surface area contributed by atoms with Crippen LogP contribution in [0.1, 0.15) is 27.7 Å². The molecule has 1 N–H and O–H groups in total. The van der Waals surface area contributed by atoms with Crippen molar-refractivity contribution in [2.45, 2.75) is 33.7 Å². The van der Waals surface area contributed by atoms with Crippen molar-refractivity contribution in [3.63, 3.8) is 0 Å². The molecule has 3 nitrogen and oxygen atoms in total. The van der Waals surface area contributed by atoms with Crippen LogP contribution in [0.15, 0.2) is 30.6 Å². The van der Waals surface area contributed by atoms with E-state index in [4.69, 9.17) is 0 Å². The first-order valence-electron chi connectivity index (χ1n) is 5.95. The second-order valence-corrected chi connectivity index (χ2v) is 5.47. The van der Waals surface area contributed by atoms with Crippen molar-refractivity contribution >= 4 is 16.7 Å². The highest BCUT2D eigenvalue weighted by molar-refractivity contribution is 5.88. The van der Waals surface area contributed by atoms with E-state index in [9.17, 15) is 0 Å². The van der Waals surface area contributed by atoms with Crippen molar-refractivity contribution in [2.75, 3.05) is 5.32 Å².